The van der Waals surface area contributed by atoms with Crippen LogP contribution >= 0.6 is 0 Å². The van der Waals surface area contributed by atoms with Gasteiger partial charge in [0.25, 0.3) is 0 Å². The Morgan fingerprint density at radius 2 is 2.05 bits per heavy atom. The van der Waals surface area contributed by atoms with Gasteiger partial charge in [-0.15, -0.1) is 0 Å². The number of benzene rings is 1. The van der Waals surface area contributed by atoms with Crippen molar-refractivity contribution in [3.63, 3.8) is 0 Å². The first-order valence-electron chi connectivity index (χ1n) is 6.85. The largest absolute Gasteiger partial charge is 0.469 e. The highest BCUT2D eigenvalue weighted by Crippen LogP contribution is 2.26. The number of ether oxygens (including phenoxy) is 1. The van der Waals surface area contributed by atoms with E-state index in [-0.39, 0.29) is 30.5 Å². The molecule has 2 atom stereocenters. The quantitative estimate of drug-likeness (QED) is 0.827. The molecule has 0 saturated carbocycles. The molecule has 1 N–H and O–H groups in total. The maximum atomic E-state index is 12.3. The van der Waals surface area contributed by atoms with E-state index >= 15 is 0 Å². The van der Waals surface area contributed by atoms with Crippen molar-refractivity contribution in [3.05, 3.63) is 35.9 Å². The van der Waals surface area contributed by atoms with Crippen LogP contribution in [0.1, 0.15) is 31.5 Å². The maximum Gasteiger partial charge on any atom is 0.307 e. The summed E-state index contributed by atoms with van der Waals surface area (Å²) in [6.45, 7) is 2.34. The predicted molar refractivity (Wildman–Crippen MR) is 74.7 cm³/mol. The van der Waals surface area contributed by atoms with Crippen molar-refractivity contribution in [2.24, 2.45) is 0 Å². The van der Waals surface area contributed by atoms with E-state index in [2.05, 4.69) is 10.1 Å². The average molecular weight is 276 g/mol. The second-order valence-corrected chi connectivity index (χ2v) is 4.80. The number of nitrogens with zero attached hydrogens (tertiary/aromatic N) is 1. The van der Waals surface area contributed by atoms with Crippen LogP contribution in [-0.2, 0) is 14.3 Å². The Kier molecular flexibility index (Phi) is 4.74. The minimum atomic E-state index is -0.301. The lowest BCUT2D eigenvalue weighted by molar-refractivity contribution is -0.141. The molecule has 0 spiro atoms. The lowest BCUT2D eigenvalue weighted by atomic mass is 10.1. The Bertz CT molecular complexity index is 475. The zero-order chi connectivity index (χ0) is 14.5. The summed E-state index contributed by atoms with van der Waals surface area (Å²) in [6.07, 6.45) is 0.777. The Morgan fingerprint density at radius 1 is 1.35 bits per heavy atom. The molecule has 0 aliphatic carbocycles. The third kappa shape index (κ3) is 2.99. The lowest BCUT2D eigenvalue weighted by Crippen LogP contribution is -2.33. The molecule has 2 rings (SSSR count). The fourth-order valence-corrected chi connectivity index (χ4v) is 2.44. The molecule has 1 aromatic rings. The summed E-state index contributed by atoms with van der Waals surface area (Å²) < 4.78 is 4.64. The predicted octanol–water partition coefficient (Wildman–Crippen LogP) is 1.46. The highest BCUT2D eigenvalue weighted by molar-refractivity contribution is 5.85. The van der Waals surface area contributed by atoms with Gasteiger partial charge in [-0.1, -0.05) is 37.3 Å². The smallest absolute Gasteiger partial charge is 0.307 e. The van der Waals surface area contributed by atoms with E-state index in [1.165, 1.54) is 7.11 Å². The topological polar surface area (TPSA) is 58.6 Å². The third-order valence-electron chi connectivity index (χ3n) is 3.56. The summed E-state index contributed by atoms with van der Waals surface area (Å²) in [5.74, 6) is -0.255. The molecule has 0 bridgehead atoms. The number of rotatable bonds is 5. The zero-order valence-electron chi connectivity index (χ0n) is 11.8. The first kappa shape index (κ1) is 14.5. The molecule has 5 heteroatoms. The highest BCUT2D eigenvalue weighted by Gasteiger charge is 2.38. The Labute approximate surface area is 118 Å². The molecule has 1 aliphatic rings. The van der Waals surface area contributed by atoms with E-state index in [0.717, 1.165) is 12.0 Å². The van der Waals surface area contributed by atoms with Crippen LogP contribution in [0, 0.1) is 0 Å². The standard InChI is InChI=1S/C15H20N2O3/c1-3-12-15(19)17(10-9-13(18)20-2)14(16-12)11-7-5-4-6-8-11/h4-8,12,14,16H,3,9-10H2,1-2H3. The number of carbonyl (C=O) groups excluding carboxylic acids is 2. The van der Waals surface area contributed by atoms with E-state index in [1.807, 2.05) is 37.3 Å². The van der Waals surface area contributed by atoms with E-state index < -0.39 is 0 Å². The van der Waals surface area contributed by atoms with Crippen molar-refractivity contribution >= 4 is 11.9 Å². The molecule has 1 amide bonds. The average Bonchev–Trinajstić information content (AvgIpc) is 2.82. The first-order chi connectivity index (χ1) is 9.67. The molecule has 20 heavy (non-hydrogen) atoms. The van der Waals surface area contributed by atoms with Crippen molar-refractivity contribution < 1.29 is 14.3 Å². The van der Waals surface area contributed by atoms with E-state index in [1.54, 1.807) is 4.90 Å². The van der Waals surface area contributed by atoms with Crippen LogP contribution in [0.3, 0.4) is 0 Å². The monoisotopic (exact) mass is 276 g/mol. The number of nitrogens with one attached hydrogen (secondary N) is 1. The Balaban J connectivity index is 2.15. The van der Waals surface area contributed by atoms with Crippen molar-refractivity contribution in [3.8, 4) is 0 Å². The van der Waals surface area contributed by atoms with Gasteiger partial charge in [0.05, 0.1) is 19.6 Å². The molecule has 108 valence electrons. The van der Waals surface area contributed by atoms with Gasteiger partial charge in [0.1, 0.15) is 6.17 Å². The second kappa shape index (κ2) is 6.52. The molecular weight excluding hydrogens is 256 g/mol. The summed E-state index contributed by atoms with van der Waals surface area (Å²) in [7, 11) is 1.36. The molecule has 0 radical (unpaired) electrons. The summed E-state index contributed by atoms with van der Waals surface area (Å²) in [5, 5.41) is 3.32. The summed E-state index contributed by atoms with van der Waals surface area (Å²) in [6, 6.07) is 9.61. The molecule has 1 saturated heterocycles. The minimum Gasteiger partial charge on any atom is -0.469 e. The van der Waals surface area contributed by atoms with Crippen LogP contribution in [-0.4, -0.2) is 36.5 Å². The number of hydrogen-bond acceptors (Lipinski definition) is 4. The molecule has 2 unspecified atom stereocenters. The summed E-state index contributed by atoms with van der Waals surface area (Å²) >= 11 is 0. The van der Waals surface area contributed by atoms with Crippen LogP contribution in [0.5, 0.6) is 0 Å². The van der Waals surface area contributed by atoms with Crippen LogP contribution in [0.25, 0.3) is 0 Å². The SMILES string of the molecule is CCC1NC(c2ccccc2)N(CCC(=O)OC)C1=O. The van der Waals surface area contributed by atoms with Crippen LogP contribution in [0.2, 0.25) is 0 Å². The molecule has 1 fully saturated rings. The first-order valence-corrected chi connectivity index (χ1v) is 6.85. The maximum absolute atomic E-state index is 12.3. The van der Waals surface area contributed by atoms with Crippen molar-refractivity contribution in [2.45, 2.75) is 32.0 Å². The van der Waals surface area contributed by atoms with Gasteiger partial charge < -0.3 is 9.64 Å². The number of methoxy groups -OCH3 is 1. The van der Waals surface area contributed by atoms with Crippen molar-refractivity contribution in [2.75, 3.05) is 13.7 Å². The zero-order valence-corrected chi connectivity index (χ0v) is 11.8. The van der Waals surface area contributed by atoms with E-state index in [0.29, 0.717) is 6.54 Å². The van der Waals surface area contributed by atoms with Gasteiger partial charge in [0, 0.05) is 6.54 Å². The van der Waals surface area contributed by atoms with Gasteiger partial charge in [0.2, 0.25) is 5.91 Å². The highest BCUT2D eigenvalue weighted by atomic mass is 16.5. The number of esters is 1. The van der Waals surface area contributed by atoms with E-state index in [4.69, 9.17) is 0 Å². The molecular formula is C15H20N2O3. The van der Waals surface area contributed by atoms with Gasteiger partial charge in [-0.25, -0.2) is 0 Å². The second-order valence-electron chi connectivity index (χ2n) is 4.80. The lowest BCUT2D eigenvalue weighted by Gasteiger charge is -2.24. The third-order valence-corrected chi connectivity index (χ3v) is 3.56. The summed E-state index contributed by atoms with van der Waals surface area (Å²) in [5.41, 5.74) is 1.03. The fraction of sp³-hybridized carbons (Fsp3) is 0.467. The number of carbonyl (C=O) groups is 2. The van der Waals surface area contributed by atoms with Gasteiger partial charge >= 0.3 is 5.97 Å². The van der Waals surface area contributed by atoms with Crippen LogP contribution in [0.15, 0.2) is 30.3 Å². The van der Waals surface area contributed by atoms with Gasteiger partial charge in [-0.05, 0) is 12.0 Å². The fourth-order valence-electron chi connectivity index (χ4n) is 2.44. The molecule has 1 aromatic carbocycles. The van der Waals surface area contributed by atoms with Crippen molar-refractivity contribution in [1.29, 1.82) is 0 Å². The molecule has 1 heterocycles. The molecule has 1 aliphatic heterocycles. The minimum absolute atomic E-state index is 0.0465. The summed E-state index contributed by atoms with van der Waals surface area (Å²) in [4.78, 5) is 25.3. The normalized spacial score (nSPS) is 22.1. The Morgan fingerprint density at radius 3 is 2.65 bits per heavy atom. The van der Waals surface area contributed by atoms with Crippen LogP contribution < -0.4 is 5.32 Å². The van der Waals surface area contributed by atoms with Crippen molar-refractivity contribution in [1.82, 2.24) is 10.2 Å². The van der Waals surface area contributed by atoms with Gasteiger partial charge in [-0.3, -0.25) is 14.9 Å². The Hall–Kier alpha value is -1.88. The number of amides is 1. The van der Waals surface area contributed by atoms with E-state index in [9.17, 15) is 9.59 Å². The molecule has 5 nitrogen and oxygen atoms in total. The van der Waals surface area contributed by atoms with Gasteiger partial charge in [-0.2, -0.15) is 0 Å². The van der Waals surface area contributed by atoms with Gasteiger partial charge in [0.15, 0.2) is 0 Å². The van der Waals surface area contributed by atoms with Crippen LogP contribution in [0.4, 0.5) is 0 Å². The molecule has 0 aromatic heterocycles. The number of hydrogen-bond donors (Lipinski definition) is 1.